The lowest BCUT2D eigenvalue weighted by Gasteiger charge is -2.16. The second kappa shape index (κ2) is 11.0. The molecule has 6 aromatic carbocycles. The largest absolute Gasteiger partial charge is 0.309 e. The van der Waals surface area contributed by atoms with E-state index in [9.17, 15) is 5.26 Å². The second-order valence-corrected chi connectivity index (χ2v) is 10.8. The Hall–Kier alpha value is -6.38. The van der Waals surface area contributed by atoms with E-state index in [1.807, 2.05) is 84.9 Å². The second-order valence-electron chi connectivity index (χ2n) is 10.8. The van der Waals surface area contributed by atoms with Crippen molar-refractivity contribution in [3.05, 3.63) is 157 Å². The third-order valence-electron chi connectivity index (χ3n) is 8.12. The Kier molecular flexibility index (Phi) is 6.44. The first kappa shape index (κ1) is 26.3. The van der Waals surface area contributed by atoms with Crippen molar-refractivity contribution in [1.82, 2.24) is 19.5 Å². The molecule has 0 amide bonds. The van der Waals surface area contributed by atoms with Gasteiger partial charge in [0.25, 0.3) is 0 Å². The zero-order valence-electron chi connectivity index (χ0n) is 24.2. The number of rotatable bonds is 5. The van der Waals surface area contributed by atoms with Gasteiger partial charge in [-0.1, -0.05) is 121 Å². The van der Waals surface area contributed by atoms with Crippen molar-refractivity contribution in [1.29, 1.82) is 5.26 Å². The number of nitrogens with zero attached hydrogens (tertiary/aromatic N) is 5. The van der Waals surface area contributed by atoms with Crippen LogP contribution in [-0.2, 0) is 0 Å². The maximum atomic E-state index is 9.95. The summed E-state index contributed by atoms with van der Waals surface area (Å²) in [6.45, 7) is 0. The highest BCUT2D eigenvalue weighted by Crippen LogP contribution is 2.38. The number of nitriles is 1. The highest BCUT2D eigenvalue weighted by atomic mass is 15.1. The first-order chi connectivity index (χ1) is 22.3. The van der Waals surface area contributed by atoms with Gasteiger partial charge in [-0.15, -0.1) is 0 Å². The van der Waals surface area contributed by atoms with Gasteiger partial charge in [0.05, 0.1) is 28.4 Å². The highest BCUT2D eigenvalue weighted by molar-refractivity contribution is 6.09. The summed E-state index contributed by atoms with van der Waals surface area (Å²) in [5, 5.41) is 12.3. The summed E-state index contributed by atoms with van der Waals surface area (Å²) >= 11 is 0. The molecule has 0 atom stereocenters. The highest BCUT2D eigenvalue weighted by Gasteiger charge is 2.20. The summed E-state index contributed by atoms with van der Waals surface area (Å²) in [6, 6.07) is 53.2. The normalized spacial score (nSPS) is 11.1. The van der Waals surface area contributed by atoms with Crippen molar-refractivity contribution < 1.29 is 0 Å². The first-order valence-corrected chi connectivity index (χ1v) is 14.8. The van der Waals surface area contributed by atoms with E-state index in [1.54, 1.807) is 0 Å². The molecule has 0 fully saturated rings. The smallest absolute Gasteiger partial charge is 0.166 e. The van der Waals surface area contributed by atoms with Crippen molar-refractivity contribution in [2.75, 3.05) is 0 Å². The number of hydrogen-bond acceptors (Lipinski definition) is 4. The van der Waals surface area contributed by atoms with Gasteiger partial charge in [-0.25, -0.2) is 15.0 Å². The lowest BCUT2D eigenvalue weighted by molar-refractivity contribution is 1.06. The average molecular weight is 576 g/mol. The molecule has 8 rings (SSSR count). The minimum atomic E-state index is 0.552. The standard InChI is InChI=1S/C40H25N5/c41-26-30-17-7-8-18-31(30)29-23-24-37(45-35-21-11-9-19-32(35)33-20-10-12-22-36(33)45)34(25-29)40-43-38(27-13-3-1-4-14-27)42-39(44-40)28-15-5-2-6-16-28/h1-25H. The molecule has 210 valence electrons. The van der Waals surface area contributed by atoms with Gasteiger partial charge < -0.3 is 4.57 Å². The molecule has 2 heterocycles. The van der Waals surface area contributed by atoms with Crippen LogP contribution in [0.15, 0.2) is 152 Å². The molecule has 0 N–H and O–H groups in total. The van der Waals surface area contributed by atoms with Crippen LogP contribution in [0.1, 0.15) is 5.56 Å². The third kappa shape index (κ3) is 4.62. The van der Waals surface area contributed by atoms with E-state index in [4.69, 9.17) is 15.0 Å². The molecule has 0 saturated heterocycles. The molecule has 0 aliphatic heterocycles. The third-order valence-corrected chi connectivity index (χ3v) is 8.12. The Balaban J connectivity index is 1.47. The van der Waals surface area contributed by atoms with Crippen LogP contribution >= 0.6 is 0 Å². The van der Waals surface area contributed by atoms with E-state index >= 15 is 0 Å². The zero-order chi connectivity index (χ0) is 30.2. The molecule has 5 heteroatoms. The monoisotopic (exact) mass is 575 g/mol. The van der Waals surface area contributed by atoms with Crippen LogP contribution in [0.4, 0.5) is 0 Å². The van der Waals surface area contributed by atoms with E-state index in [0.29, 0.717) is 23.0 Å². The van der Waals surface area contributed by atoms with Crippen LogP contribution < -0.4 is 0 Å². The number of benzene rings is 6. The van der Waals surface area contributed by atoms with Gasteiger partial charge in [-0.3, -0.25) is 0 Å². The summed E-state index contributed by atoms with van der Waals surface area (Å²) in [5.74, 6) is 1.74. The van der Waals surface area contributed by atoms with Crippen molar-refractivity contribution in [2.45, 2.75) is 0 Å². The zero-order valence-corrected chi connectivity index (χ0v) is 24.2. The molecule has 2 aromatic heterocycles. The van der Waals surface area contributed by atoms with Crippen LogP contribution in [0.5, 0.6) is 0 Å². The maximum Gasteiger partial charge on any atom is 0.166 e. The Morgan fingerprint density at radius 3 is 1.56 bits per heavy atom. The van der Waals surface area contributed by atoms with Gasteiger partial charge in [0.15, 0.2) is 17.5 Å². The predicted molar refractivity (Wildman–Crippen MR) is 181 cm³/mol. The van der Waals surface area contributed by atoms with Crippen molar-refractivity contribution in [2.24, 2.45) is 0 Å². The molecule has 45 heavy (non-hydrogen) atoms. The molecular weight excluding hydrogens is 550 g/mol. The summed E-state index contributed by atoms with van der Waals surface area (Å²) in [6.07, 6.45) is 0. The van der Waals surface area contributed by atoms with Gasteiger partial charge in [-0.2, -0.15) is 5.26 Å². The first-order valence-electron chi connectivity index (χ1n) is 14.8. The molecule has 0 radical (unpaired) electrons. The Morgan fingerprint density at radius 1 is 0.444 bits per heavy atom. The lowest BCUT2D eigenvalue weighted by atomic mass is 9.97. The van der Waals surface area contributed by atoms with E-state index in [-0.39, 0.29) is 0 Å². The number of para-hydroxylation sites is 2. The molecule has 5 nitrogen and oxygen atoms in total. The number of fused-ring (bicyclic) bond motifs is 3. The summed E-state index contributed by atoms with van der Waals surface area (Å²) in [7, 11) is 0. The number of hydrogen-bond donors (Lipinski definition) is 0. The minimum absolute atomic E-state index is 0.552. The van der Waals surface area contributed by atoms with Crippen molar-refractivity contribution >= 4 is 21.8 Å². The van der Waals surface area contributed by atoms with E-state index < -0.39 is 0 Å². The fourth-order valence-corrected chi connectivity index (χ4v) is 6.02. The van der Waals surface area contributed by atoms with E-state index in [2.05, 4.69) is 77.4 Å². The lowest BCUT2D eigenvalue weighted by Crippen LogP contribution is -2.04. The fraction of sp³-hybridized carbons (Fsp3) is 0. The predicted octanol–water partition coefficient (Wildman–Crippen LogP) is 9.51. The molecular formula is C40H25N5. The Labute approximate surface area is 260 Å². The summed E-state index contributed by atoms with van der Waals surface area (Å²) in [5.41, 5.74) is 8.14. The van der Waals surface area contributed by atoms with Gasteiger partial charge in [-0.05, 0) is 41.5 Å². The van der Waals surface area contributed by atoms with Gasteiger partial charge in [0, 0.05) is 27.5 Å². The fourth-order valence-electron chi connectivity index (χ4n) is 6.02. The molecule has 0 saturated carbocycles. The quantitative estimate of drug-likeness (QED) is 0.205. The van der Waals surface area contributed by atoms with Gasteiger partial charge in [0.1, 0.15) is 0 Å². The minimum Gasteiger partial charge on any atom is -0.309 e. The summed E-state index contributed by atoms with van der Waals surface area (Å²) < 4.78 is 2.29. The van der Waals surface area contributed by atoms with Gasteiger partial charge >= 0.3 is 0 Å². The topological polar surface area (TPSA) is 67.4 Å². The van der Waals surface area contributed by atoms with Crippen LogP contribution in [-0.4, -0.2) is 19.5 Å². The van der Waals surface area contributed by atoms with Crippen molar-refractivity contribution in [3.8, 4) is 57.0 Å². The molecule has 8 aromatic rings. The van der Waals surface area contributed by atoms with Crippen LogP contribution in [0.3, 0.4) is 0 Å². The average Bonchev–Trinajstić information content (AvgIpc) is 3.46. The van der Waals surface area contributed by atoms with Crippen molar-refractivity contribution in [3.63, 3.8) is 0 Å². The van der Waals surface area contributed by atoms with E-state index in [1.165, 1.54) is 10.8 Å². The van der Waals surface area contributed by atoms with Crippen LogP contribution in [0.2, 0.25) is 0 Å². The molecule has 0 bridgehead atoms. The van der Waals surface area contributed by atoms with Crippen LogP contribution in [0, 0.1) is 11.3 Å². The summed E-state index contributed by atoms with van der Waals surface area (Å²) in [4.78, 5) is 15.1. The molecule has 0 unspecified atom stereocenters. The Bertz CT molecular complexity index is 2270. The van der Waals surface area contributed by atoms with Crippen LogP contribution in [0.25, 0.3) is 72.8 Å². The SMILES string of the molecule is N#Cc1ccccc1-c1ccc(-n2c3ccccc3c3ccccc32)c(-c2nc(-c3ccccc3)nc(-c3ccccc3)n2)c1. The maximum absolute atomic E-state index is 9.95. The van der Waals surface area contributed by atoms with E-state index in [0.717, 1.165) is 44.5 Å². The van der Waals surface area contributed by atoms with Gasteiger partial charge in [0.2, 0.25) is 0 Å². The molecule has 0 aliphatic rings. The molecule has 0 aliphatic carbocycles. The number of aromatic nitrogens is 4. The Morgan fingerprint density at radius 2 is 0.956 bits per heavy atom. The molecule has 0 spiro atoms.